The molecule has 130 valence electrons. The summed E-state index contributed by atoms with van der Waals surface area (Å²) in [7, 11) is 1.59. The van der Waals surface area contributed by atoms with Gasteiger partial charge in [0.2, 0.25) is 5.91 Å². The first-order valence-corrected chi connectivity index (χ1v) is 7.98. The highest BCUT2D eigenvalue weighted by molar-refractivity contribution is 5.92. The normalized spacial score (nSPS) is 10.5. The van der Waals surface area contributed by atoms with Crippen LogP contribution in [0.3, 0.4) is 0 Å². The van der Waals surface area contributed by atoms with Gasteiger partial charge in [-0.25, -0.2) is 4.79 Å². The number of esters is 1. The predicted molar refractivity (Wildman–Crippen MR) is 97.4 cm³/mol. The van der Waals surface area contributed by atoms with Gasteiger partial charge in [0.15, 0.2) is 0 Å². The first kappa shape index (κ1) is 18.3. The number of amides is 1. The zero-order chi connectivity index (χ0) is 18.1. The quantitative estimate of drug-likeness (QED) is 0.620. The molecule has 0 radical (unpaired) electrons. The number of nitrogens with one attached hydrogen (secondary N) is 1. The minimum atomic E-state index is -0.377. The minimum Gasteiger partial charge on any atom is -0.497 e. The number of methoxy groups -OCH3 is 1. The second kappa shape index (κ2) is 9.27. The molecule has 0 bridgehead atoms. The minimum absolute atomic E-state index is 0.108. The fourth-order valence-corrected chi connectivity index (χ4v) is 2.21. The maximum absolute atomic E-state index is 12.1. The van der Waals surface area contributed by atoms with E-state index in [1.807, 2.05) is 36.4 Å². The Labute approximate surface area is 147 Å². The summed E-state index contributed by atoms with van der Waals surface area (Å²) in [4.78, 5) is 23.4. The van der Waals surface area contributed by atoms with E-state index in [0.717, 1.165) is 16.9 Å². The Bertz CT molecular complexity index is 751. The molecule has 0 fully saturated rings. The molecule has 0 aliphatic rings. The van der Waals surface area contributed by atoms with Crippen molar-refractivity contribution in [2.75, 3.05) is 19.0 Å². The molecule has 5 nitrogen and oxygen atoms in total. The van der Waals surface area contributed by atoms with Gasteiger partial charge in [0, 0.05) is 11.8 Å². The van der Waals surface area contributed by atoms with Gasteiger partial charge in [0.1, 0.15) is 5.75 Å². The molecule has 2 aromatic carbocycles. The third-order valence-electron chi connectivity index (χ3n) is 3.39. The van der Waals surface area contributed by atoms with Crippen LogP contribution in [0.4, 0.5) is 5.69 Å². The molecule has 0 atom stereocenters. The molecule has 0 aromatic heterocycles. The van der Waals surface area contributed by atoms with Gasteiger partial charge in [0.05, 0.1) is 20.1 Å². The Morgan fingerprint density at radius 1 is 1.12 bits per heavy atom. The van der Waals surface area contributed by atoms with Crippen LogP contribution < -0.4 is 10.1 Å². The van der Waals surface area contributed by atoms with E-state index in [-0.39, 0.29) is 18.3 Å². The smallest absolute Gasteiger partial charge is 0.330 e. The maximum atomic E-state index is 12.1. The molecule has 5 heteroatoms. The lowest BCUT2D eigenvalue weighted by Crippen LogP contribution is -2.14. The summed E-state index contributed by atoms with van der Waals surface area (Å²) in [6.45, 7) is 2.11. The summed E-state index contributed by atoms with van der Waals surface area (Å²) < 4.78 is 9.97. The molecule has 0 saturated carbocycles. The topological polar surface area (TPSA) is 64.6 Å². The number of carbonyl (C=O) groups is 2. The lowest BCUT2D eigenvalue weighted by molar-refractivity contribution is -0.137. The van der Waals surface area contributed by atoms with Crippen LogP contribution in [0.5, 0.6) is 5.75 Å². The lowest BCUT2D eigenvalue weighted by Gasteiger charge is -2.07. The number of benzene rings is 2. The molecular weight excluding hydrogens is 318 g/mol. The van der Waals surface area contributed by atoms with Crippen molar-refractivity contribution in [3.05, 3.63) is 65.7 Å². The van der Waals surface area contributed by atoms with E-state index in [2.05, 4.69) is 5.32 Å². The number of hydrogen-bond acceptors (Lipinski definition) is 4. The number of hydrogen-bond donors (Lipinski definition) is 1. The first-order chi connectivity index (χ1) is 12.1. The highest BCUT2D eigenvalue weighted by Gasteiger charge is 2.05. The third-order valence-corrected chi connectivity index (χ3v) is 3.39. The zero-order valence-corrected chi connectivity index (χ0v) is 14.3. The largest absolute Gasteiger partial charge is 0.497 e. The summed E-state index contributed by atoms with van der Waals surface area (Å²) in [6.07, 6.45) is 3.31. The highest BCUT2D eigenvalue weighted by atomic mass is 16.5. The molecule has 0 aliphatic heterocycles. The van der Waals surface area contributed by atoms with Gasteiger partial charge in [-0.1, -0.05) is 24.3 Å². The fourth-order valence-electron chi connectivity index (χ4n) is 2.21. The van der Waals surface area contributed by atoms with Crippen molar-refractivity contribution in [1.29, 1.82) is 0 Å². The molecular formula is C20H21NO4. The maximum Gasteiger partial charge on any atom is 0.330 e. The second-order valence-corrected chi connectivity index (χ2v) is 5.28. The van der Waals surface area contributed by atoms with Crippen LogP contribution in [0.15, 0.2) is 54.6 Å². The number of rotatable bonds is 7. The van der Waals surface area contributed by atoms with Gasteiger partial charge in [-0.3, -0.25) is 4.79 Å². The Hall–Kier alpha value is -3.08. The Kier molecular flexibility index (Phi) is 6.77. The molecule has 2 rings (SSSR count). The third kappa shape index (κ3) is 6.14. The van der Waals surface area contributed by atoms with Crippen molar-refractivity contribution in [3.63, 3.8) is 0 Å². The van der Waals surface area contributed by atoms with Gasteiger partial charge in [-0.05, 0) is 48.4 Å². The molecule has 0 heterocycles. The molecule has 0 unspecified atom stereocenters. The molecule has 0 aliphatic carbocycles. The van der Waals surface area contributed by atoms with Crippen molar-refractivity contribution in [2.45, 2.75) is 13.3 Å². The van der Waals surface area contributed by atoms with Crippen LogP contribution >= 0.6 is 0 Å². The van der Waals surface area contributed by atoms with Gasteiger partial charge in [0.25, 0.3) is 0 Å². The summed E-state index contributed by atoms with van der Waals surface area (Å²) in [5.41, 5.74) is 2.42. The molecule has 1 amide bonds. The van der Waals surface area contributed by atoms with E-state index in [0.29, 0.717) is 12.3 Å². The Morgan fingerprint density at radius 2 is 1.88 bits per heavy atom. The van der Waals surface area contributed by atoms with Crippen molar-refractivity contribution in [3.8, 4) is 5.75 Å². The van der Waals surface area contributed by atoms with Crippen LogP contribution in [0.25, 0.3) is 6.08 Å². The molecule has 0 spiro atoms. The van der Waals surface area contributed by atoms with E-state index in [1.54, 1.807) is 32.2 Å². The fraction of sp³-hybridized carbons (Fsp3) is 0.200. The predicted octanol–water partition coefficient (Wildman–Crippen LogP) is 3.45. The molecule has 0 saturated heterocycles. The molecule has 1 N–H and O–H groups in total. The van der Waals surface area contributed by atoms with Gasteiger partial charge in [-0.15, -0.1) is 0 Å². The average Bonchev–Trinajstić information content (AvgIpc) is 2.61. The van der Waals surface area contributed by atoms with E-state index in [1.165, 1.54) is 6.08 Å². The zero-order valence-electron chi connectivity index (χ0n) is 14.3. The standard InChI is InChI=1S/C20H21NO4/c1-3-25-20(23)12-9-15-7-10-17(11-8-15)21-19(22)14-16-5-4-6-18(13-16)24-2/h4-13H,3,14H2,1-2H3,(H,21,22)/b12-9+. The lowest BCUT2D eigenvalue weighted by atomic mass is 10.1. The van der Waals surface area contributed by atoms with Crippen LogP contribution in [-0.4, -0.2) is 25.6 Å². The summed E-state index contributed by atoms with van der Waals surface area (Å²) in [6, 6.07) is 14.6. The average molecular weight is 339 g/mol. The number of carbonyl (C=O) groups excluding carboxylic acids is 2. The second-order valence-electron chi connectivity index (χ2n) is 5.28. The van der Waals surface area contributed by atoms with Gasteiger partial charge >= 0.3 is 5.97 Å². The highest BCUT2D eigenvalue weighted by Crippen LogP contribution is 2.15. The van der Waals surface area contributed by atoms with Crippen molar-refractivity contribution >= 4 is 23.6 Å². The van der Waals surface area contributed by atoms with Crippen LogP contribution in [0.1, 0.15) is 18.1 Å². The SMILES string of the molecule is CCOC(=O)/C=C/c1ccc(NC(=O)Cc2cccc(OC)c2)cc1. The monoisotopic (exact) mass is 339 g/mol. The molecule has 25 heavy (non-hydrogen) atoms. The van der Waals surface area contributed by atoms with E-state index >= 15 is 0 Å². The van der Waals surface area contributed by atoms with Crippen LogP contribution in [-0.2, 0) is 20.7 Å². The van der Waals surface area contributed by atoms with E-state index in [4.69, 9.17) is 9.47 Å². The summed E-state index contributed by atoms with van der Waals surface area (Å²) >= 11 is 0. The van der Waals surface area contributed by atoms with Crippen molar-refractivity contribution in [2.24, 2.45) is 0 Å². The number of ether oxygens (including phenoxy) is 2. The summed E-state index contributed by atoms with van der Waals surface area (Å²) in [5, 5.41) is 2.84. The van der Waals surface area contributed by atoms with Crippen LogP contribution in [0, 0.1) is 0 Å². The first-order valence-electron chi connectivity index (χ1n) is 7.98. The van der Waals surface area contributed by atoms with E-state index in [9.17, 15) is 9.59 Å². The van der Waals surface area contributed by atoms with Crippen molar-refractivity contribution in [1.82, 2.24) is 0 Å². The Morgan fingerprint density at radius 3 is 2.56 bits per heavy atom. The number of anilines is 1. The van der Waals surface area contributed by atoms with E-state index < -0.39 is 0 Å². The molecule has 2 aromatic rings. The van der Waals surface area contributed by atoms with Gasteiger partial charge < -0.3 is 14.8 Å². The Balaban J connectivity index is 1.91. The van der Waals surface area contributed by atoms with Crippen molar-refractivity contribution < 1.29 is 19.1 Å². The van der Waals surface area contributed by atoms with Gasteiger partial charge in [-0.2, -0.15) is 0 Å². The summed E-state index contributed by atoms with van der Waals surface area (Å²) in [5.74, 6) is 0.240. The van der Waals surface area contributed by atoms with Crippen LogP contribution in [0.2, 0.25) is 0 Å².